The fourth-order valence-corrected chi connectivity index (χ4v) is 13.4. The number of pyridine rings is 2. The SMILES string of the molecule is [2H]c1c(C)c([2H])c2c(=O)c([2H])c(SC([2H])([2H])c3cccc(F)c3F)n(C([2H])([2H])C(=O)N(Cc3ccc(-c4ccc(C(F)(F)F)cc4)cc3)C3CCN(C([2H])([2H])C([2H])([2H])OC)CC3)c2c1[2H].[2H]c1c(C)c([2H])c2c(=O)c([2H])c(SCc3cccc(F)c3F)n(C([2H])([2H])C(=O)N(Cc3ccc(-c4ccc(C(F)(F)F)cc4)cc3)C3CCN(C([2H])([2H])C([2H])([2H])OC)CC3)c2c1[2H]. The summed E-state index contributed by atoms with van der Waals surface area (Å²) >= 11 is 0.363. The number of benzene rings is 8. The molecule has 2 saturated heterocycles. The quantitative estimate of drug-likeness (QED) is 0.0428. The first kappa shape index (κ1) is 53.7. The zero-order valence-electron chi connectivity index (χ0n) is 78.9. The number of halogens is 10. The van der Waals surface area contributed by atoms with E-state index in [4.69, 9.17) is 34.1 Å². The van der Waals surface area contributed by atoms with Gasteiger partial charge in [-0.1, -0.05) is 120 Å². The van der Waals surface area contributed by atoms with E-state index in [0.717, 1.165) is 71.4 Å². The van der Waals surface area contributed by atoms with Gasteiger partial charge in [-0.05, 0) is 133 Å². The standard InChI is InChI=1S/2C41H40F5N3O3S/c2*1-27-6-15-36-34(22-27)37(50)23-39(53-26-31-4-3-5-35(42)40(31)43)49(36)25-38(51)48(33-16-18-47(19-17-33)20-21-52-2)24-28-7-9-29(10-8-28)30-11-13-32(14-12-30)41(44,45)46/h2*3-15,22-23,33H,16-21,24-26H2,1-2H3/i6D,15D,20D2,21D2,22D,23D,25D2,26D2;6D,15D,20D2,21D2,22D,23D,25D2. The lowest BCUT2D eigenvalue weighted by atomic mass is 10.00. The fraction of sp³-hybridized carbons (Fsp3) is 0.317. The molecule has 556 valence electrons. The van der Waals surface area contributed by atoms with Gasteiger partial charge in [-0.3, -0.25) is 19.2 Å². The zero-order valence-corrected chi connectivity index (χ0v) is 58.5. The number of hydrogen-bond acceptors (Lipinski definition) is 10. The molecular formula is C82H80F10N6O6S2. The third kappa shape index (κ3) is 19.6. The lowest BCUT2D eigenvalue weighted by Gasteiger charge is -2.39. The third-order valence-corrected chi connectivity index (χ3v) is 19.1. The molecule has 0 unspecified atom stereocenters. The second-order valence-electron chi connectivity index (χ2n) is 24.3. The molecule has 0 radical (unpaired) electrons. The Morgan fingerprint density at radius 1 is 0.509 bits per heavy atom. The Morgan fingerprint density at radius 3 is 1.26 bits per heavy atom. The van der Waals surface area contributed by atoms with Gasteiger partial charge in [-0.2, -0.15) is 26.3 Å². The molecule has 0 atom stereocenters. The van der Waals surface area contributed by atoms with E-state index in [1.807, 2.05) is 0 Å². The Labute approximate surface area is 647 Å². The molecule has 2 aliphatic heterocycles. The second-order valence-corrected chi connectivity index (χ2v) is 26.1. The molecule has 2 aliphatic rings. The Morgan fingerprint density at radius 2 is 0.877 bits per heavy atom. The van der Waals surface area contributed by atoms with E-state index in [1.165, 1.54) is 67.3 Å². The Bertz CT molecular complexity index is 6030. The topological polar surface area (TPSA) is 110 Å². The number of piperidine rings is 2. The summed E-state index contributed by atoms with van der Waals surface area (Å²) in [5.41, 5.74) is -7.65. The molecule has 0 bridgehead atoms. The minimum atomic E-state index is -4.57. The van der Waals surface area contributed by atoms with Crippen LogP contribution < -0.4 is 10.9 Å². The number of carbonyl (C=O) groups excluding carboxylic acids is 2. The van der Waals surface area contributed by atoms with Gasteiger partial charge >= 0.3 is 12.4 Å². The third-order valence-electron chi connectivity index (χ3n) is 17.3. The van der Waals surface area contributed by atoms with Crippen LogP contribution in [0, 0.1) is 37.1 Å². The van der Waals surface area contributed by atoms with Gasteiger partial charge in [0.2, 0.25) is 11.8 Å². The summed E-state index contributed by atoms with van der Waals surface area (Å²) in [5, 5.41) is -2.93. The molecule has 0 spiro atoms. The van der Waals surface area contributed by atoms with Crippen molar-refractivity contribution < 1.29 is 93.1 Å². The highest BCUT2D eigenvalue weighted by molar-refractivity contribution is 7.98. The predicted octanol–water partition coefficient (Wildman–Crippen LogP) is 17.4. The minimum absolute atomic E-state index is 0.0313. The number of hydrogen-bond donors (Lipinski definition) is 0. The number of aromatic nitrogens is 2. The van der Waals surface area contributed by atoms with Crippen molar-refractivity contribution in [2.24, 2.45) is 0 Å². The number of methoxy groups -OCH3 is 2. The highest BCUT2D eigenvalue weighted by atomic mass is 32.2. The normalized spacial score (nSPS) is 18.1. The zero-order chi connectivity index (χ0) is 94.9. The molecular weight excluding hydrogens is 1420 g/mol. The Balaban J connectivity index is 0.000000248. The van der Waals surface area contributed by atoms with Crippen LogP contribution in [0.2, 0.25) is 0 Å². The number of fused-ring (bicyclic) bond motifs is 2. The van der Waals surface area contributed by atoms with E-state index in [1.54, 1.807) is 36.4 Å². The molecule has 4 heterocycles. The minimum Gasteiger partial charge on any atom is -0.383 e. The summed E-state index contributed by atoms with van der Waals surface area (Å²) in [7, 11) is 2.00. The van der Waals surface area contributed by atoms with Gasteiger partial charge in [0.1, 0.15) is 13.0 Å². The summed E-state index contributed by atoms with van der Waals surface area (Å²) in [6.07, 6.45) is -9.38. The molecule has 2 fully saturated rings. The summed E-state index contributed by atoms with van der Waals surface area (Å²) in [4.78, 5) is 62.6. The smallest absolute Gasteiger partial charge is 0.383 e. The first-order chi connectivity index (χ1) is 59.4. The van der Waals surface area contributed by atoms with Gasteiger partial charge in [-0.15, -0.1) is 23.5 Å². The van der Waals surface area contributed by atoms with E-state index in [9.17, 15) is 54.6 Å². The van der Waals surface area contributed by atoms with Crippen molar-refractivity contribution in [3.8, 4) is 22.3 Å². The van der Waals surface area contributed by atoms with Crippen LogP contribution in [0.5, 0.6) is 0 Å². The molecule has 8 aromatic carbocycles. The van der Waals surface area contributed by atoms with E-state index < -0.39 is 224 Å². The van der Waals surface area contributed by atoms with E-state index in [0.29, 0.717) is 60.3 Å². The summed E-state index contributed by atoms with van der Waals surface area (Å²) in [6.45, 7) is -16.6. The summed E-state index contributed by atoms with van der Waals surface area (Å²) in [5.74, 6) is -8.79. The van der Waals surface area contributed by atoms with E-state index >= 15 is 14.0 Å². The first-order valence-electron chi connectivity index (χ1n) is 43.7. The number of thioether (sulfide) groups is 2. The lowest BCUT2D eigenvalue weighted by Crippen LogP contribution is -2.48. The highest BCUT2D eigenvalue weighted by Crippen LogP contribution is 2.36. The van der Waals surface area contributed by atoms with Crippen LogP contribution in [0.25, 0.3) is 44.1 Å². The maximum Gasteiger partial charge on any atom is 0.416 e. The van der Waals surface area contributed by atoms with Crippen LogP contribution in [0.4, 0.5) is 43.9 Å². The Kier molecular flexibility index (Phi) is 17.8. The van der Waals surface area contributed by atoms with Crippen molar-refractivity contribution in [2.45, 2.75) is 112 Å². The van der Waals surface area contributed by atoms with E-state index in [2.05, 4.69) is 0 Å². The van der Waals surface area contributed by atoms with Crippen LogP contribution in [-0.4, -0.2) is 119 Å². The summed E-state index contributed by atoms with van der Waals surface area (Å²) in [6, 6.07) is 19.0. The lowest BCUT2D eigenvalue weighted by molar-refractivity contribution is -0.138. The van der Waals surface area contributed by atoms with Gasteiger partial charge in [0.25, 0.3) is 0 Å². The molecule has 0 saturated carbocycles. The van der Waals surface area contributed by atoms with Crippen LogP contribution in [0.3, 0.4) is 0 Å². The number of likely N-dealkylation sites (tertiary alicyclic amines) is 2. The average Bonchev–Trinajstić information content (AvgIpc) is 0.716. The fourth-order valence-electron chi connectivity index (χ4n) is 11.7. The number of carbonyl (C=O) groups is 2. The van der Waals surface area contributed by atoms with E-state index in [-0.39, 0.29) is 86.9 Å². The van der Waals surface area contributed by atoms with Gasteiger partial charge < -0.3 is 38.2 Å². The van der Waals surface area contributed by atoms with Gasteiger partial charge in [-0.25, -0.2) is 17.6 Å². The second kappa shape index (κ2) is 35.1. The molecule has 10 aromatic rings. The van der Waals surface area contributed by atoms with Crippen molar-refractivity contribution in [3.05, 3.63) is 270 Å². The largest absolute Gasteiger partial charge is 0.416 e. The average molecular weight is 1520 g/mol. The molecule has 106 heavy (non-hydrogen) atoms. The van der Waals surface area contributed by atoms with Crippen molar-refractivity contribution in [3.63, 3.8) is 0 Å². The Hall–Kier alpha value is -9.04. The molecule has 12 nitrogen and oxygen atoms in total. The van der Waals surface area contributed by atoms with Crippen LogP contribution in [-0.2, 0) is 69.0 Å². The molecule has 24 heteroatoms. The molecule has 2 amide bonds. The van der Waals surface area contributed by atoms with Crippen LogP contribution >= 0.6 is 23.5 Å². The summed E-state index contributed by atoms with van der Waals surface area (Å²) < 4.78 is 341. The van der Waals surface area contributed by atoms with Gasteiger partial charge in [0.15, 0.2) is 34.1 Å². The number of rotatable bonds is 24. The van der Waals surface area contributed by atoms with Crippen LogP contribution in [0.1, 0.15) is 100 Å². The van der Waals surface area contributed by atoms with Crippen LogP contribution in [0.15, 0.2) is 201 Å². The number of ether oxygens (including phenoxy) is 2. The van der Waals surface area contributed by atoms with Crippen molar-refractivity contribution >= 4 is 57.1 Å². The van der Waals surface area contributed by atoms with Gasteiger partial charge in [0.05, 0.1) is 67.3 Å². The number of nitrogens with zero attached hydrogens (tertiary/aromatic N) is 6. The molecule has 2 aromatic heterocycles. The predicted molar refractivity (Wildman–Crippen MR) is 395 cm³/mol. The maximum atomic E-state index is 15.2. The van der Waals surface area contributed by atoms with Crippen molar-refractivity contribution in [1.29, 1.82) is 0 Å². The number of alkyl halides is 6. The van der Waals surface area contributed by atoms with Gasteiger partial charge in [0, 0.05) is 132 Å². The van der Waals surface area contributed by atoms with Crippen molar-refractivity contribution in [1.82, 2.24) is 28.7 Å². The monoisotopic (exact) mass is 1520 g/mol. The molecule has 0 N–H and O–H groups in total. The maximum absolute atomic E-state index is 15.2. The number of amides is 2. The van der Waals surface area contributed by atoms with Crippen molar-refractivity contribution in [2.75, 3.05) is 66.5 Å². The highest BCUT2D eigenvalue weighted by Gasteiger charge is 2.34. The molecule has 12 rings (SSSR count). The molecule has 0 aliphatic carbocycles. The first-order valence-corrected chi connectivity index (χ1v) is 34.5.